The third-order valence-electron chi connectivity index (χ3n) is 4.16. The van der Waals surface area contributed by atoms with Gasteiger partial charge in [0.15, 0.2) is 0 Å². The number of carbonyl (C=O) groups is 2. The summed E-state index contributed by atoms with van der Waals surface area (Å²) in [6, 6.07) is 3.95. The molecule has 12 heteroatoms. The van der Waals surface area contributed by atoms with Gasteiger partial charge in [-0.25, -0.2) is 0 Å². The molecule has 0 aliphatic heterocycles. The molecule has 0 unspecified atom stereocenters. The van der Waals surface area contributed by atoms with Crippen LogP contribution in [0.5, 0.6) is 0 Å². The Balaban J connectivity index is 2.26. The summed E-state index contributed by atoms with van der Waals surface area (Å²) in [7, 11) is 0. The van der Waals surface area contributed by atoms with Gasteiger partial charge in [0.05, 0.1) is 17.5 Å². The summed E-state index contributed by atoms with van der Waals surface area (Å²) >= 11 is 12.0. The van der Waals surface area contributed by atoms with Crippen LogP contribution in [0.1, 0.15) is 22.3 Å². The number of primary amides is 1. The van der Waals surface area contributed by atoms with Crippen molar-refractivity contribution in [2.75, 3.05) is 0 Å². The molecule has 0 aromatic heterocycles. The van der Waals surface area contributed by atoms with E-state index in [2.05, 4.69) is 5.32 Å². The SMILES string of the molecule is NC(=O)[C@@H](Cc1c(Cl)cccc1Cl)NC(=O)Cc1cc(C(F)(F)F)cc(C(F)(F)F)c1. The number of nitrogens with one attached hydrogen (secondary N) is 1. The third kappa shape index (κ3) is 6.76. The lowest BCUT2D eigenvalue weighted by Gasteiger charge is -2.18. The summed E-state index contributed by atoms with van der Waals surface area (Å²) in [4.78, 5) is 24.0. The fourth-order valence-corrected chi connectivity index (χ4v) is 3.26. The molecule has 2 amide bonds. The maximum absolute atomic E-state index is 13.0. The highest BCUT2D eigenvalue weighted by atomic mass is 35.5. The Morgan fingerprint density at radius 2 is 1.42 bits per heavy atom. The molecule has 3 N–H and O–H groups in total. The first-order valence-electron chi connectivity index (χ1n) is 8.48. The van der Waals surface area contributed by atoms with Crippen LogP contribution in [0.3, 0.4) is 0 Å². The Kier molecular flexibility index (Phi) is 7.48. The van der Waals surface area contributed by atoms with Crippen molar-refractivity contribution in [3.05, 3.63) is 68.7 Å². The maximum Gasteiger partial charge on any atom is 0.416 e. The van der Waals surface area contributed by atoms with E-state index in [1.807, 2.05) is 0 Å². The molecule has 0 bridgehead atoms. The molecule has 168 valence electrons. The molecule has 0 aliphatic rings. The zero-order chi connectivity index (χ0) is 23.6. The first-order chi connectivity index (χ1) is 14.2. The number of benzene rings is 2. The average molecular weight is 487 g/mol. The monoisotopic (exact) mass is 486 g/mol. The summed E-state index contributed by atoms with van der Waals surface area (Å²) in [6.45, 7) is 0. The smallest absolute Gasteiger partial charge is 0.368 e. The molecule has 1 atom stereocenters. The topological polar surface area (TPSA) is 72.2 Å². The minimum Gasteiger partial charge on any atom is -0.368 e. The quantitative estimate of drug-likeness (QED) is 0.576. The lowest BCUT2D eigenvalue weighted by Crippen LogP contribution is -2.46. The molecule has 0 spiro atoms. The first-order valence-corrected chi connectivity index (χ1v) is 9.24. The highest BCUT2D eigenvalue weighted by Gasteiger charge is 2.37. The van der Waals surface area contributed by atoms with Gasteiger partial charge in [0.1, 0.15) is 6.04 Å². The van der Waals surface area contributed by atoms with Gasteiger partial charge in [-0.15, -0.1) is 0 Å². The molecule has 0 aliphatic carbocycles. The molecule has 0 heterocycles. The number of amides is 2. The van der Waals surface area contributed by atoms with E-state index in [0.29, 0.717) is 12.1 Å². The normalized spacial score (nSPS) is 13.0. The summed E-state index contributed by atoms with van der Waals surface area (Å²) < 4.78 is 77.7. The standard InChI is InChI=1S/C19H14Cl2F6N2O2/c20-13-2-1-3-14(21)12(13)8-15(17(28)31)29-16(30)6-9-4-10(18(22,23)24)7-11(5-9)19(25,26)27/h1-5,7,15H,6,8H2,(H2,28,31)(H,29,30)/t15-/m1/s1. The van der Waals surface area contributed by atoms with Crippen LogP contribution >= 0.6 is 23.2 Å². The summed E-state index contributed by atoms with van der Waals surface area (Å²) in [6.07, 6.45) is -11.2. The van der Waals surface area contributed by atoms with Crippen molar-refractivity contribution < 1.29 is 35.9 Å². The number of alkyl halides is 6. The first kappa shape index (κ1) is 24.8. The largest absolute Gasteiger partial charge is 0.416 e. The summed E-state index contributed by atoms with van der Waals surface area (Å²) in [5, 5.41) is 2.55. The Labute approximate surface area is 182 Å². The second-order valence-electron chi connectivity index (χ2n) is 6.52. The van der Waals surface area contributed by atoms with E-state index >= 15 is 0 Å². The fourth-order valence-electron chi connectivity index (χ4n) is 2.71. The van der Waals surface area contributed by atoms with E-state index in [0.717, 1.165) is 0 Å². The Hall–Kier alpha value is -2.46. The number of hydrogen-bond acceptors (Lipinski definition) is 2. The Bertz CT molecular complexity index is 940. The van der Waals surface area contributed by atoms with E-state index in [4.69, 9.17) is 28.9 Å². The molecule has 0 radical (unpaired) electrons. The second-order valence-corrected chi connectivity index (χ2v) is 7.33. The molecule has 0 saturated heterocycles. The van der Waals surface area contributed by atoms with Gasteiger partial charge in [0, 0.05) is 16.5 Å². The summed E-state index contributed by atoms with van der Waals surface area (Å²) in [5.74, 6) is -2.01. The van der Waals surface area contributed by atoms with Crippen molar-refractivity contribution in [1.29, 1.82) is 0 Å². The number of hydrogen-bond donors (Lipinski definition) is 2. The van der Waals surface area contributed by atoms with E-state index < -0.39 is 53.3 Å². The maximum atomic E-state index is 13.0. The van der Waals surface area contributed by atoms with Crippen molar-refractivity contribution in [3.8, 4) is 0 Å². The number of carbonyl (C=O) groups excluding carboxylic acids is 2. The zero-order valence-corrected chi connectivity index (χ0v) is 16.9. The van der Waals surface area contributed by atoms with E-state index in [9.17, 15) is 35.9 Å². The van der Waals surface area contributed by atoms with Crippen molar-refractivity contribution in [2.24, 2.45) is 5.73 Å². The van der Waals surface area contributed by atoms with Crippen molar-refractivity contribution in [3.63, 3.8) is 0 Å². The van der Waals surface area contributed by atoms with Crippen LogP contribution in [0.4, 0.5) is 26.3 Å². The molecule has 31 heavy (non-hydrogen) atoms. The molecule has 0 fully saturated rings. The average Bonchev–Trinajstić information content (AvgIpc) is 2.62. The van der Waals surface area contributed by atoms with E-state index in [1.165, 1.54) is 18.2 Å². The minimum absolute atomic E-state index is 0.0486. The van der Waals surface area contributed by atoms with Gasteiger partial charge in [0.25, 0.3) is 0 Å². The Morgan fingerprint density at radius 1 is 0.935 bits per heavy atom. The minimum atomic E-state index is -5.05. The Morgan fingerprint density at radius 3 is 1.84 bits per heavy atom. The highest BCUT2D eigenvalue weighted by molar-refractivity contribution is 6.36. The van der Waals surface area contributed by atoms with Crippen LogP contribution in [0.15, 0.2) is 36.4 Å². The van der Waals surface area contributed by atoms with Crippen LogP contribution < -0.4 is 11.1 Å². The van der Waals surface area contributed by atoms with Crippen molar-refractivity contribution in [1.82, 2.24) is 5.32 Å². The van der Waals surface area contributed by atoms with Crippen molar-refractivity contribution >= 4 is 35.0 Å². The lowest BCUT2D eigenvalue weighted by atomic mass is 10.0. The molecular weight excluding hydrogens is 473 g/mol. The summed E-state index contributed by atoms with van der Waals surface area (Å²) in [5.41, 5.74) is 1.88. The van der Waals surface area contributed by atoms with Gasteiger partial charge >= 0.3 is 12.4 Å². The van der Waals surface area contributed by atoms with Gasteiger partial charge in [-0.05, 0) is 41.5 Å². The second kappa shape index (κ2) is 9.35. The number of halogens is 8. The van der Waals surface area contributed by atoms with Gasteiger partial charge in [-0.2, -0.15) is 26.3 Å². The molecule has 2 aromatic rings. The van der Waals surface area contributed by atoms with Crippen molar-refractivity contribution in [2.45, 2.75) is 31.2 Å². The molecule has 2 aromatic carbocycles. The van der Waals surface area contributed by atoms with Crippen LogP contribution in [-0.2, 0) is 34.8 Å². The van der Waals surface area contributed by atoms with Crippen LogP contribution in [0.2, 0.25) is 10.0 Å². The van der Waals surface area contributed by atoms with Crippen LogP contribution in [-0.4, -0.2) is 17.9 Å². The highest BCUT2D eigenvalue weighted by Crippen LogP contribution is 2.36. The third-order valence-corrected chi connectivity index (χ3v) is 4.87. The van der Waals surface area contributed by atoms with Crippen LogP contribution in [0, 0.1) is 0 Å². The predicted molar refractivity (Wildman–Crippen MR) is 101 cm³/mol. The van der Waals surface area contributed by atoms with Gasteiger partial charge in [0.2, 0.25) is 11.8 Å². The molecule has 2 rings (SSSR count). The van der Waals surface area contributed by atoms with Gasteiger partial charge < -0.3 is 11.1 Å². The lowest BCUT2D eigenvalue weighted by molar-refractivity contribution is -0.143. The van der Waals surface area contributed by atoms with E-state index in [-0.39, 0.29) is 28.1 Å². The van der Waals surface area contributed by atoms with E-state index in [1.54, 1.807) is 0 Å². The predicted octanol–water partition coefficient (Wildman–Crippen LogP) is 4.79. The molecular formula is C19H14Cl2F6N2O2. The number of nitrogens with two attached hydrogens (primary N) is 1. The zero-order valence-electron chi connectivity index (χ0n) is 15.4. The van der Waals surface area contributed by atoms with Crippen LogP contribution in [0.25, 0.3) is 0 Å². The number of rotatable bonds is 6. The van der Waals surface area contributed by atoms with Gasteiger partial charge in [-0.1, -0.05) is 29.3 Å². The van der Waals surface area contributed by atoms with Gasteiger partial charge in [-0.3, -0.25) is 9.59 Å². The molecule has 0 saturated carbocycles. The molecule has 4 nitrogen and oxygen atoms in total. The fraction of sp³-hybridized carbons (Fsp3) is 0.263.